The summed E-state index contributed by atoms with van der Waals surface area (Å²) < 4.78 is 16.9. The van der Waals surface area contributed by atoms with E-state index in [0.29, 0.717) is 0 Å². The van der Waals surface area contributed by atoms with Crippen LogP contribution in [0.2, 0.25) is 0 Å². The largest absolute Gasteiger partial charge is 0.497 e. The van der Waals surface area contributed by atoms with E-state index < -0.39 is 29.6 Å². The number of aryl methyl sites for hydroxylation is 1. The summed E-state index contributed by atoms with van der Waals surface area (Å²) in [6.07, 6.45) is -1.07. The molecule has 168 valence electrons. The van der Waals surface area contributed by atoms with Crippen molar-refractivity contribution in [3.63, 3.8) is 0 Å². The van der Waals surface area contributed by atoms with Crippen LogP contribution in [0.15, 0.2) is 18.2 Å². The molecule has 1 aliphatic rings. The molecule has 0 aliphatic carbocycles. The van der Waals surface area contributed by atoms with Crippen molar-refractivity contribution >= 4 is 17.7 Å². The van der Waals surface area contributed by atoms with Crippen LogP contribution in [0.5, 0.6) is 5.75 Å². The molecule has 0 radical (unpaired) electrons. The number of anilines is 1. The number of nitrogens with zero attached hydrogens (tertiary/aromatic N) is 1. The molecule has 1 aromatic rings. The van der Waals surface area contributed by atoms with Gasteiger partial charge in [-0.3, -0.25) is 20.5 Å². The monoisotopic (exact) mass is 421 g/mol. The molecule has 2 amide bonds. The lowest BCUT2D eigenvalue weighted by Gasteiger charge is -2.34. The highest BCUT2D eigenvalue weighted by molar-refractivity contribution is 5.88. The normalized spacial score (nSPS) is 20.8. The summed E-state index contributed by atoms with van der Waals surface area (Å²) in [6, 6.07) is 4.63. The fourth-order valence-electron chi connectivity index (χ4n) is 3.45. The van der Waals surface area contributed by atoms with Gasteiger partial charge in [-0.2, -0.15) is 0 Å². The minimum Gasteiger partial charge on any atom is -0.497 e. The number of ether oxygens (including phenoxy) is 3. The first-order valence-corrected chi connectivity index (χ1v) is 10.2. The molecule has 8 heteroatoms. The number of hydrogen-bond acceptors (Lipinski definition) is 6. The first-order chi connectivity index (χ1) is 13.8. The van der Waals surface area contributed by atoms with Crippen molar-refractivity contribution in [2.45, 2.75) is 78.9 Å². The van der Waals surface area contributed by atoms with Crippen LogP contribution in [-0.2, 0) is 14.3 Å². The van der Waals surface area contributed by atoms with Crippen LogP contribution in [0.3, 0.4) is 0 Å². The Morgan fingerprint density at radius 2 is 1.87 bits per heavy atom. The van der Waals surface area contributed by atoms with Crippen LogP contribution < -0.4 is 15.6 Å². The fraction of sp³-hybridized carbons (Fsp3) is 0.636. The molecule has 0 aromatic heterocycles. The third-order valence-electron chi connectivity index (χ3n) is 4.86. The van der Waals surface area contributed by atoms with Gasteiger partial charge in [0.1, 0.15) is 23.1 Å². The summed E-state index contributed by atoms with van der Waals surface area (Å²) in [5, 5.41) is 0. The van der Waals surface area contributed by atoms with Crippen LogP contribution in [0.4, 0.5) is 10.5 Å². The molecule has 1 aliphatic heterocycles. The summed E-state index contributed by atoms with van der Waals surface area (Å²) in [6.45, 7) is 14.7. The average molecular weight is 422 g/mol. The molecule has 2 rings (SSSR count). The van der Waals surface area contributed by atoms with E-state index in [1.54, 1.807) is 47.8 Å². The average Bonchev–Trinajstić information content (AvgIpc) is 2.90. The van der Waals surface area contributed by atoms with E-state index >= 15 is 0 Å². The Morgan fingerprint density at radius 1 is 1.23 bits per heavy atom. The lowest BCUT2D eigenvalue weighted by Crippen LogP contribution is -2.56. The van der Waals surface area contributed by atoms with E-state index in [4.69, 9.17) is 14.2 Å². The quantitative estimate of drug-likeness (QED) is 0.702. The number of nitrogens with one attached hydrogen (secondary N) is 2. The molecule has 30 heavy (non-hydrogen) atoms. The zero-order chi connectivity index (χ0) is 22.9. The molecule has 0 spiro atoms. The topological polar surface area (TPSA) is 89.1 Å². The summed E-state index contributed by atoms with van der Waals surface area (Å²) >= 11 is 0. The van der Waals surface area contributed by atoms with Gasteiger partial charge in [0, 0.05) is 0 Å². The van der Waals surface area contributed by atoms with Crippen molar-refractivity contribution in [3.05, 3.63) is 23.8 Å². The minimum atomic E-state index is -0.991. The maximum atomic E-state index is 13.2. The molecule has 0 saturated carbocycles. The van der Waals surface area contributed by atoms with E-state index in [1.165, 1.54) is 4.90 Å². The van der Waals surface area contributed by atoms with Gasteiger partial charge < -0.3 is 14.2 Å². The molecule has 2 atom stereocenters. The van der Waals surface area contributed by atoms with E-state index in [9.17, 15) is 9.59 Å². The van der Waals surface area contributed by atoms with Crippen molar-refractivity contribution in [2.75, 3.05) is 12.5 Å². The molecule has 8 nitrogen and oxygen atoms in total. The molecular weight excluding hydrogens is 386 g/mol. The fourth-order valence-corrected chi connectivity index (χ4v) is 3.45. The molecule has 1 heterocycles. The first kappa shape index (κ1) is 23.8. The second-order valence-electron chi connectivity index (χ2n) is 9.36. The lowest BCUT2D eigenvalue weighted by atomic mass is 9.99. The molecule has 1 saturated heterocycles. The van der Waals surface area contributed by atoms with E-state index in [-0.39, 0.29) is 11.8 Å². The predicted molar refractivity (Wildman–Crippen MR) is 115 cm³/mol. The number of amides is 2. The first-order valence-electron chi connectivity index (χ1n) is 10.2. The predicted octanol–water partition coefficient (Wildman–Crippen LogP) is 3.84. The number of hydrazine groups is 1. The van der Waals surface area contributed by atoms with Crippen LogP contribution in [0, 0.1) is 12.8 Å². The number of hydrogen-bond donors (Lipinski definition) is 2. The van der Waals surface area contributed by atoms with E-state index in [2.05, 4.69) is 10.9 Å². The van der Waals surface area contributed by atoms with Crippen molar-refractivity contribution in [1.82, 2.24) is 10.3 Å². The van der Waals surface area contributed by atoms with Crippen molar-refractivity contribution in [3.8, 4) is 5.75 Å². The zero-order valence-electron chi connectivity index (χ0n) is 19.5. The molecular formula is C22H35N3O5. The maximum Gasteiger partial charge on any atom is 0.413 e. The Bertz CT molecular complexity index is 785. The van der Waals surface area contributed by atoms with Gasteiger partial charge in [0.25, 0.3) is 5.91 Å². The van der Waals surface area contributed by atoms with Gasteiger partial charge >= 0.3 is 6.09 Å². The van der Waals surface area contributed by atoms with E-state index in [1.807, 2.05) is 32.9 Å². The van der Waals surface area contributed by atoms with E-state index in [0.717, 1.165) is 17.0 Å². The van der Waals surface area contributed by atoms with Gasteiger partial charge in [-0.25, -0.2) is 4.79 Å². The van der Waals surface area contributed by atoms with Crippen LogP contribution >= 0.6 is 0 Å². The molecule has 2 N–H and O–H groups in total. The van der Waals surface area contributed by atoms with Gasteiger partial charge in [0.2, 0.25) is 0 Å². The maximum absolute atomic E-state index is 13.2. The molecule has 1 aromatic carbocycles. The minimum absolute atomic E-state index is 0.00943. The molecule has 0 unspecified atom stereocenters. The Morgan fingerprint density at radius 3 is 2.37 bits per heavy atom. The van der Waals surface area contributed by atoms with Crippen molar-refractivity contribution in [2.24, 2.45) is 5.92 Å². The van der Waals surface area contributed by atoms with Crippen LogP contribution in [-0.4, -0.2) is 47.5 Å². The van der Waals surface area contributed by atoms with Gasteiger partial charge in [-0.1, -0.05) is 13.8 Å². The zero-order valence-corrected chi connectivity index (χ0v) is 19.5. The van der Waals surface area contributed by atoms with Crippen LogP contribution in [0.1, 0.15) is 54.0 Å². The SMILES string of the molecule is COc1ccc(NNC(=O)[C@@H]2[C@@H](C(C)C)OC(C)(C)N2C(=O)OC(C)(C)C)c(C)c1. The van der Waals surface area contributed by atoms with Gasteiger partial charge in [0.05, 0.1) is 18.9 Å². The van der Waals surface area contributed by atoms with Gasteiger partial charge in [-0.15, -0.1) is 0 Å². The Labute approximate surface area is 179 Å². The third-order valence-corrected chi connectivity index (χ3v) is 4.86. The number of carbonyl (C=O) groups excluding carboxylic acids is 2. The third kappa shape index (κ3) is 5.36. The highest BCUT2D eigenvalue weighted by Gasteiger charge is 2.55. The number of benzene rings is 1. The highest BCUT2D eigenvalue weighted by atomic mass is 16.6. The standard InChI is InChI=1S/C22H35N3O5/c1-13(2)18-17(25(22(7,8)29-18)20(27)30-21(4,5)6)19(26)24-23-16-11-10-15(28-9)12-14(16)3/h10-13,17-18,23H,1-9H3,(H,24,26)/t17-,18+/m0/s1. The van der Waals surface area contributed by atoms with Crippen LogP contribution in [0.25, 0.3) is 0 Å². The van der Waals surface area contributed by atoms with Crippen molar-refractivity contribution < 1.29 is 23.8 Å². The molecule has 0 bridgehead atoms. The Hall–Kier alpha value is -2.48. The Balaban J connectivity index is 2.26. The smallest absolute Gasteiger partial charge is 0.413 e. The summed E-state index contributed by atoms with van der Waals surface area (Å²) in [4.78, 5) is 27.6. The number of carbonyl (C=O) groups is 2. The van der Waals surface area contributed by atoms with Gasteiger partial charge in [0.15, 0.2) is 0 Å². The van der Waals surface area contributed by atoms with Gasteiger partial charge in [-0.05, 0) is 71.2 Å². The second-order valence-corrected chi connectivity index (χ2v) is 9.36. The summed E-state index contributed by atoms with van der Waals surface area (Å²) in [7, 11) is 1.60. The molecule has 1 fully saturated rings. The number of methoxy groups -OCH3 is 1. The summed E-state index contributed by atoms with van der Waals surface area (Å²) in [5.74, 6) is 0.363. The summed E-state index contributed by atoms with van der Waals surface area (Å²) in [5.41, 5.74) is 5.63. The lowest BCUT2D eigenvalue weighted by molar-refractivity contribution is -0.126. The number of rotatable bonds is 5. The highest BCUT2D eigenvalue weighted by Crippen LogP contribution is 2.37. The Kier molecular flexibility index (Phi) is 6.91. The van der Waals surface area contributed by atoms with Crippen molar-refractivity contribution in [1.29, 1.82) is 0 Å². The second kappa shape index (κ2) is 8.71.